The van der Waals surface area contributed by atoms with E-state index in [1.807, 2.05) is 0 Å². The van der Waals surface area contributed by atoms with E-state index in [4.69, 9.17) is 0 Å². The number of aryl methyl sites for hydroxylation is 1. The first-order valence-electron chi connectivity index (χ1n) is 9.47. The molecule has 3 rings (SSSR count). The van der Waals surface area contributed by atoms with Gasteiger partial charge in [-0.2, -0.15) is 0 Å². The van der Waals surface area contributed by atoms with Crippen LogP contribution < -0.4 is 11.1 Å². The van der Waals surface area contributed by atoms with Gasteiger partial charge < -0.3 is 9.55 Å². The maximum Gasteiger partial charge on any atom is 0.251 e. The summed E-state index contributed by atoms with van der Waals surface area (Å²) < 4.78 is 1.21. The Morgan fingerprint density at radius 3 is 2.29 bits per heavy atom. The number of nitrogens with one attached hydrogen (secondary N) is 1. The molecule has 6 heteroatoms. The summed E-state index contributed by atoms with van der Waals surface area (Å²) in [6.45, 7) is 10.2. The lowest BCUT2D eigenvalue weighted by Crippen LogP contribution is -2.35. The molecule has 1 aliphatic carbocycles. The molecule has 2 heterocycles. The van der Waals surface area contributed by atoms with Crippen LogP contribution >= 0.6 is 0 Å². The number of aromatic nitrogens is 2. The Hall–Kier alpha value is -2.76. The standard InChI is InChI=1S/C22H26N2O4/c1-11(10-22(3,4)5)7-13-9-15(26)24(6)19-17(13)20(27)16-12(2)8-14(25)23-18(16)21(19)28/h8-9,11H,7,10H2,1-6H3,(H,23,25). The summed E-state index contributed by atoms with van der Waals surface area (Å²) in [6.07, 6.45) is 1.45. The molecule has 1 unspecified atom stereocenters. The van der Waals surface area contributed by atoms with E-state index in [1.54, 1.807) is 6.92 Å². The van der Waals surface area contributed by atoms with Crippen LogP contribution in [0.3, 0.4) is 0 Å². The number of H-pyrrole nitrogens is 1. The Kier molecular flexibility index (Phi) is 4.77. The first-order valence-corrected chi connectivity index (χ1v) is 9.47. The van der Waals surface area contributed by atoms with E-state index in [9.17, 15) is 19.2 Å². The minimum absolute atomic E-state index is 0.0302. The van der Waals surface area contributed by atoms with Gasteiger partial charge in [-0.25, -0.2) is 0 Å². The van der Waals surface area contributed by atoms with Crippen LogP contribution in [0.4, 0.5) is 0 Å². The number of carbonyl (C=O) groups excluding carboxylic acids is 2. The highest BCUT2D eigenvalue weighted by molar-refractivity contribution is 6.28. The topological polar surface area (TPSA) is 89.0 Å². The van der Waals surface area contributed by atoms with Crippen LogP contribution in [0.25, 0.3) is 0 Å². The van der Waals surface area contributed by atoms with Crippen LogP contribution in [0.15, 0.2) is 21.7 Å². The average molecular weight is 382 g/mol. The average Bonchev–Trinajstić information content (AvgIpc) is 2.53. The van der Waals surface area contributed by atoms with Gasteiger partial charge in [0.15, 0.2) is 5.78 Å². The molecule has 0 spiro atoms. The van der Waals surface area contributed by atoms with Crippen LogP contribution in [0.5, 0.6) is 0 Å². The van der Waals surface area contributed by atoms with Gasteiger partial charge in [0.25, 0.3) is 5.56 Å². The highest BCUT2D eigenvalue weighted by Crippen LogP contribution is 2.32. The van der Waals surface area contributed by atoms with Crippen LogP contribution in [-0.4, -0.2) is 21.1 Å². The van der Waals surface area contributed by atoms with Gasteiger partial charge in [0.2, 0.25) is 11.3 Å². The largest absolute Gasteiger partial charge is 0.318 e. The molecule has 2 aromatic heterocycles. The number of fused-ring (bicyclic) bond motifs is 2. The molecule has 0 fully saturated rings. The van der Waals surface area contributed by atoms with E-state index in [1.165, 1.54) is 23.7 Å². The fraction of sp³-hybridized carbons (Fsp3) is 0.455. The molecule has 1 N–H and O–H groups in total. The summed E-state index contributed by atoms with van der Waals surface area (Å²) in [5, 5.41) is 0. The smallest absolute Gasteiger partial charge is 0.251 e. The number of rotatable bonds is 3. The molecule has 0 amide bonds. The minimum Gasteiger partial charge on any atom is -0.318 e. The molecule has 0 aliphatic heterocycles. The second-order valence-corrected chi connectivity index (χ2v) is 9.09. The molecule has 0 saturated carbocycles. The Morgan fingerprint density at radius 1 is 1.04 bits per heavy atom. The SMILES string of the molecule is Cc1cc(=O)[nH]c2c1C(=O)c1c(CC(C)CC(C)(C)C)cc(=O)n(C)c1C2=O. The van der Waals surface area contributed by atoms with Gasteiger partial charge in [-0.15, -0.1) is 0 Å². The van der Waals surface area contributed by atoms with Crippen LogP contribution in [0.2, 0.25) is 0 Å². The van der Waals surface area contributed by atoms with Gasteiger partial charge in [0.05, 0.1) is 11.1 Å². The van der Waals surface area contributed by atoms with Crippen molar-refractivity contribution in [2.24, 2.45) is 18.4 Å². The van der Waals surface area contributed by atoms with Gasteiger partial charge in [-0.1, -0.05) is 27.7 Å². The van der Waals surface area contributed by atoms with E-state index >= 15 is 0 Å². The fourth-order valence-corrected chi connectivity index (χ4v) is 4.32. The van der Waals surface area contributed by atoms with Crippen molar-refractivity contribution in [3.8, 4) is 0 Å². The number of ketones is 2. The Bertz CT molecular complexity index is 1110. The number of hydrogen-bond acceptors (Lipinski definition) is 4. The Morgan fingerprint density at radius 2 is 1.68 bits per heavy atom. The van der Waals surface area contributed by atoms with Crippen molar-refractivity contribution in [3.05, 3.63) is 66.5 Å². The third kappa shape index (κ3) is 3.39. The lowest BCUT2D eigenvalue weighted by Gasteiger charge is -2.26. The lowest BCUT2D eigenvalue weighted by atomic mass is 9.79. The third-order valence-corrected chi connectivity index (χ3v) is 5.19. The van der Waals surface area contributed by atoms with E-state index in [2.05, 4.69) is 32.7 Å². The summed E-state index contributed by atoms with van der Waals surface area (Å²) in [6, 6.07) is 2.79. The number of pyridine rings is 2. The summed E-state index contributed by atoms with van der Waals surface area (Å²) in [7, 11) is 1.48. The second kappa shape index (κ2) is 6.69. The molecule has 28 heavy (non-hydrogen) atoms. The highest BCUT2D eigenvalue weighted by atomic mass is 16.2. The Labute approximate surface area is 163 Å². The van der Waals surface area contributed by atoms with Crippen molar-refractivity contribution in [2.75, 3.05) is 0 Å². The van der Waals surface area contributed by atoms with Crippen molar-refractivity contribution < 1.29 is 9.59 Å². The molecule has 2 aromatic rings. The fourth-order valence-electron chi connectivity index (χ4n) is 4.32. The number of nitrogens with zero attached hydrogens (tertiary/aromatic N) is 1. The first kappa shape index (κ1) is 20.0. The van der Waals surface area contributed by atoms with Gasteiger partial charge in [-0.05, 0) is 42.2 Å². The monoisotopic (exact) mass is 382 g/mol. The van der Waals surface area contributed by atoms with Gasteiger partial charge in [0.1, 0.15) is 11.4 Å². The summed E-state index contributed by atoms with van der Waals surface area (Å²) in [5.74, 6) is -0.570. The van der Waals surface area contributed by atoms with Crippen LogP contribution in [0, 0.1) is 18.3 Å². The zero-order valence-electron chi connectivity index (χ0n) is 17.2. The van der Waals surface area contributed by atoms with Crippen molar-refractivity contribution in [1.82, 2.24) is 9.55 Å². The van der Waals surface area contributed by atoms with Gasteiger partial charge in [-0.3, -0.25) is 19.2 Å². The van der Waals surface area contributed by atoms with E-state index in [0.717, 1.165) is 6.42 Å². The van der Waals surface area contributed by atoms with Gasteiger partial charge in [0, 0.05) is 19.2 Å². The predicted octanol–water partition coefficient (Wildman–Crippen LogP) is 2.77. The molecular weight excluding hydrogens is 356 g/mol. The number of carbonyl (C=O) groups is 2. The molecule has 1 aliphatic rings. The van der Waals surface area contributed by atoms with E-state index in [0.29, 0.717) is 17.5 Å². The second-order valence-electron chi connectivity index (χ2n) is 9.09. The van der Waals surface area contributed by atoms with Crippen LogP contribution in [0.1, 0.15) is 77.3 Å². The molecule has 0 aromatic carbocycles. The maximum atomic E-state index is 13.3. The highest BCUT2D eigenvalue weighted by Gasteiger charge is 2.36. The number of hydrogen-bond donors (Lipinski definition) is 1. The van der Waals surface area contributed by atoms with Crippen molar-refractivity contribution in [2.45, 2.75) is 47.5 Å². The van der Waals surface area contributed by atoms with Crippen molar-refractivity contribution >= 4 is 11.6 Å². The quantitative estimate of drug-likeness (QED) is 0.754. The molecular formula is C22H26N2O4. The molecule has 0 bridgehead atoms. The summed E-state index contributed by atoms with van der Waals surface area (Å²) >= 11 is 0. The maximum absolute atomic E-state index is 13.3. The zero-order chi connectivity index (χ0) is 21.0. The lowest BCUT2D eigenvalue weighted by molar-refractivity contribution is 0.0965. The van der Waals surface area contributed by atoms with E-state index < -0.39 is 11.3 Å². The van der Waals surface area contributed by atoms with Gasteiger partial charge >= 0.3 is 0 Å². The molecule has 148 valence electrons. The number of aromatic amines is 1. The molecule has 6 nitrogen and oxygen atoms in total. The van der Waals surface area contributed by atoms with E-state index in [-0.39, 0.29) is 45.2 Å². The summed E-state index contributed by atoms with van der Waals surface area (Å²) in [5.41, 5.74) is 0.936. The minimum atomic E-state index is -0.490. The molecule has 0 saturated heterocycles. The van der Waals surface area contributed by atoms with Crippen molar-refractivity contribution in [1.29, 1.82) is 0 Å². The third-order valence-electron chi connectivity index (χ3n) is 5.19. The first-order chi connectivity index (χ1) is 12.9. The van der Waals surface area contributed by atoms with Crippen molar-refractivity contribution in [3.63, 3.8) is 0 Å². The predicted molar refractivity (Wildman–Crippen MR) is 107 cm³/mol. The molecule has 0 radical (unpaired) electrons. The zero-order valence-corrected chi connectivity index (χ0v) is 17.2. The normalized spacial score (nSPS) is 14.6. The summed E-state index contributed by atoms with van der Waals surface area (Å²) in [4.78, 5) is 53.3. The Balaban J connectivity index is 2.22. The molecule has 1 atom stereocenters. The van der Waals surface area contributed by atoms with Crippen LogP contribution in [-0.2, 0) is 13.5 Å².